The monoisotopic (exact) mass is 367 g/mol. The maximum absolute atomic E-state index is 13.3. The molecule has 0 radical (unpaired) electrons. The first-order valence-electron chi connectivity index (χ1n) is 9.25. The van der Waals surface area contributed by atoms with Crippen LogP contribution in [0.25, 0.3) is 0 Å². The molecule has 1 aromatic carbocycles. The van der Waals surface area contributed by atoms with Gasteiger partial charge in [-0.25, -0.2) is 19.8 Å². The van der Waals surface area contributed by atoms with E-state index in [-0.39, 0.29) is 12.1 Å². The first kappa shape index (κ1) is 17.6. The second kappa shape index (κ2) is 7.42. The first-order chi connectivity index (χ1) is 13.2. The van der Waals surface area contributed by atoms with Crippen molar-refractivity contribution in [3.05, 3.63) is 59.8 Å². The van der Waals surface area contributed by atoms with Crippen LogP contribution in [-0.2, 0) is 13.1 Å². The van der Waals surface area contributed by atoms with E-state index in [1.54, 1.807) is 33.7 Å². The second-order valence-corrected chi connectivity index (χ2v) is 6.96. The number of carbonyl (C=O) groups excluding carboxylic acids is 1. The van der Waals surface area contributed by atoms with Gasteiger partial charge in [-0.1, -0.05) is 24.3 Å². The third kappa shape index (κ3) is 3.41. The lowest BCUT2D eigenvalue weighted by Crippen LogP contribution is -2.56. The quantitative estimate of drug-likeness (QED) is 0.837. The molecule has 8 heteroatoms. The molecule has 3 aliphatic heterocycles. The summed E-state index contributed by atoms with van der Waals surface area (Å²) in [6.45, 7) is 2.50. The molecule has 8 nitrogen and oxygen atoms in total. The molecule has 142 valence electrons. The van der Waals surface area contributed by atoms with Gasteiger partial charge in [0.15, 0.2) is 0 Å². The number of amides is 2. The summed E-state index contributed by atoms with van der Waals surface area (Å²) in [5, 5.41) is 3.26. The van der Waals surface area contributed by atoms with Crippen LogP contribution in [0, 0.1) is 0 Å². The highest BCUT2D eigenvalue weighted by Gasteiger charge is 2.35. The SMILES string of the molecule is NCc1ccccc1CN1C(=O)N2C=CN=CN2C=C1N1CCCC(N)C1. The lowest BCUT2D eigenvalue weighted by atomic mass is 10.1. The Morgan fingerprint density at radius 1 is 1.22 bits per heavy atom. The second-order valence-electron chi connectivity index (χ2n) is 6.96. The number of hydrazine groups is 1. The van der Waals surface area contributed by atoms with Crippen molar-refractivity contribution < 1.29 is 4.79 Å². The molecule has 1 unspecified atom stereocenters. The standard InChI is InChI=1S/C19H25N7O/c20-10-15-4-1-2-5-16(15)11-25-18(23-8-3-6-17(21)12-23)13-24-14-22-7-9-26(24)19(25)27/h1-2,4-5,7,9,13-14,17H,3,6,8,10-12,20-21H2. The molecule has 4 N–H and O–H groups in total. The van der Waals surface area contributed by atoms with Crippen molar-refractivity contribution >= 4 is 12.4 Å². The minimum absolute atomic E-state index is 0.112. The molecular formula is C19H25N7O. The van der Waals surface area contributed by atoms with E-state index in [9.17, 15) is 4.79 Å². The van der Waals surface area contributed by atoms with Crippen LogP contribution in [0.3, 0.4) is 0 Å². The lowest BCUT2D eigenvalue weighted by molar-refractivity contribution is 0.0815. The molecule has 2 amide bonds. The van der Waals surface area contributed by atoms with Crippen LogP contribution in [0.2, 0.25) is 0 Å². The number of carbonyl (C=O) groups is 1. The minimum atomic E-state index is -0.124. The van der Waals surface area contributed by atoms with Gasteiger partial charge >= 0.3 is 6.03 Å². The Labute approximate surface area is 159 Å². The van der Waals surface area contributed by atoms with Gasteiger partial charge in [-0.2, -0.15) is 0 Å². The van der Waals surface area contributed by atoms with E-state index >= 15 is 0 Å². The van der Waals surface area contributed by atoms with Crippen LogP contribution in [0.15, 0.2) is 53.7 Å². The van der Waals surface area contributed by atoms with Gasteiger partial charge in [0.25, 0.3) is 0 Å². The Morgan fingerprint density at radius 3 is 2.81 bits per heavy atom. The highest BCUT2D eigenvalue weighted by Crippen LogP contribution is 2.27. The van der Waals surface area contributed by atoms with Crippen molar-refractivity contribution in [3.8, 4) is 0 Å². The highest BCUT2D eigenvalue weighted by molar-refractivity contribution is 5.81. The Hall–Kier alpha value is -2.84. The summed E-state index contributed by atoms with van der Waals surface area (Å²) in [6, 6.07) is 7.96. The summed E-state index contributed by atoms with van der Waals surface area (Å²) < 4.78 is 0. The van der Waals surface area contributed by atoms with E-state index in [2.05, 4.69) is 9.89 Å². The zero-order valence-electron chi connectivity index (χ0n) is 15.2. The molecule has 0 spiro atoms. The fraction of sp³-hybridized carbons (Fsp3) is 0.368. The van der Waals surface area contributed by atoms with Crippen LogP contribution >= 0.6 is 0 Å². The lowest BCUT2D eigenvalue weighted by Gasteiger charge is -2.45. The summed E-state index contributed by atoms with van der Waals surface area (Å²) in [5.74, 6) is 0.847. The average Bonchev–Trinajstić information content (AvgIpc) is 2.70. The fourth-order valence-electron chi connectivity index (χ4n) is 3.71. The molecule has 3 heterocycles. The Kier molecular flexibility index (Phi) is 4.83. The Morgan fingerprint density at radius 2 is 2.04 bits per heavy atom. The van der Waals surface area contributed by atoms with Crippen LogP contribution in [0.1, 0.15) is 24.0 Å². The zero-order chi connectivity index (χ0) is 18.8. The largest absolute Gasteiger partial charge is 0.355 e. The predicted octanol–water partition coefficient (Wildman–Crippen LogP) is 1.34. The van der Waals surface area contributed by atoms with Crippen molar-refractivity contribution in [2.75, 3.05) is 13.1 Å². The van der Waals surface area contributed by atoms with E-state index in [1.165, 1.54) is 0 Å². The van der Waals surface area contributed by atoms with Crippen molar-refractivity contribution in [3.63, 3.8) is 0 Å². The molecule has 1 saturated heterocycles. The van der Waals surface area contributed by atoms with Gasteiger partial charge in [0, 0.05) is 31.9 Å². The van der Waals surface area contributed by atoms with Crippen molar-refractivity contribution in [2.45, 2.75) is 32.0 Å². The summed E-state index contributed by atoms with van der Waals surface area (Å²) in [5.41, 5.74) is 14.2. The van der Waals surface area contributed by atoms with Gasteiger partial charge in [-0.3, -0.25) is 4.90 Å². The van der Waals surface area contributed by atoms with Crippen molar-refractivity contribution in [1.82, 2.24) is 19.8 Å². The first-order valence-corrected chi connectivity index (χ1v) is 9.25. The number of hydrogen-bond donors (Lipinski definition) is 2. The zero-order valence-corrected chi connectivity index (χ0v) is 15.2. The van der Waals surface area contributed by atoms with Crippen LogP contribution in [0.4, 0.5) is 4.79 Å². The molecular weight excluding hydrogens is 342 g/mol. The van der Waals surface area contributed by atoms with Crippen molar-refractivity contribution in [2.24, 2.45) is 16.5 Å². The van der Waals surface area contributed by atoms with Gasteiger partial charge in [-0.15, -0.1) is 0 Å². The number of aliphatic imine (C=N–C) groups is 1. The van der Waals surface area contributed by atoms with E-state index < -0.39 is 0 Å². The number of nitrogens with two attached hydrogens (primary N) is 2. The summed E-state index contributed by atoms with van der Waals surface area (Å²) in [7, 11) is 0. The summed E-state index contributed by atoms with van der Waals surface area (Å²) in [6.07, 6.45) is 8.87. The van der Waals surface area contributed by atoms with Gasteiger partial charge in [-0.05, 0) is 24.0 Å². The van der Waals surface area contributed by atoms with Crippen molar-refractivity contribution in [1.29, 1.82) is 0 Å². The topological polar surface area (TPSA) is 94.4 Å². The van der Waals surface area contributed by atoms with Crippen LogP contribution in [0.5, 0.6) is 0 Å². The third-order valence-electron chi connectivity index (χ3n) is 5.13. The molecule has 0 aromatic heterocycles. The fourth-order valence-corrected chi connectivity index (χ4v) is 3.71. The van der Waals surface area contributed by atoms with Gasteiger partial charge in [0.05, 0.1) is 18.9 Å². The number of urea groups is 1. The van der Waals surface area contributed by atoms with E-state index in [0.717, 1.165) is 42.9 Å². The predicted molar refractivity (Wildman–Crippen MR) is 103 cm³/mol. The Balaban J connectivity index is 1.70. The number of benzene rings is 1. The number of likely N-dealkylation sites (tertiary alicyclic amines) is 1. The normalized spacial score (nSPS) is 22.2. The molecule has 0 saturated carbocycles. The Bertz CT molecular complexity index is 803. The van der Waals surface area contributed by atoms with Crippen LogP contribution < -0.4 is 11.5 Å². The number of hydrogen-bond acceptors (Lipinski definition) is 6. The molecule has 1 aromatic rings. The highest BCUT2D eigenvalue weighted by atomic mass is 16.2. The molecule has 27 heavy (non-hydrogen) atoms. The third-order valence-corrected chi connectivity index (χ3v) is 5.13. The molecule has 1 fully saturated rings. The maximum atomic E-state index is 13.3. The van der Waals surface area contributed by atoms with E-state index in [1.807, 2.05) is 30.5 Å². The molecule has 0 bridgehead atoms. The smallest absolute Gasteiger partial charge is 0.349 e. The number of fused-ring (bicyclic) bond motifs is 1. The van der Waals surface area contributed by atoms with Gasteiger partial charge in [0.2, 0.25) is 0 Å². The number of nitrogens with zero attached hydrogens (tertiary/aromatic N) is 5. The average molecular weight is 367 g/mol. The number of piperidine rings is 1. The molecule has 1 atom stereocenters. The van der Waals surface area contributed by atoms with E-state index in [0.29, 0.717) is 13.1 Å². The molecule has 3 aliphatic rings. The number of rotatable bonds is 4. The summed E-state index contributed by atoms with van der Waals surface area (Å²) >= 11 is 0. The maximum Gasteiger partial charge on any atom is 0.349 e. The minimum Gasteiger partial charge on any atom is -0.355 e. The van der Waals surface area contributed by atoms with Crippen LogP contribution in [-0.4, -0.2) is 51.3 Å². The van der Waals surface area contributed by atoms with E-state index in [4.69, 9.17) is 11.5 Å². The summed E-state index contributed by atoms with van der Waals surface area (Å²) in [4.78, 5) is 21.4. The van der Waals surface area contributed by atoms with Gasteiger partial charge in [0.1, 0.15) is 12.2 Å². The molecule has 4 rings (SSSR count). The molecule has 0 aliphatic carbocycles. The van der Waals surface area contributed by atoms with Gasteiger partial charge < -0.3 is 16.4 Å².